The molecule has 0 aliphatic carbocycles. The van der Waals surface area contributed by atoms with Gasteiger partial charge in [0.15, 0.2) is 0 Å². The highest BCUT2D eigenvalue weighted by Crippen LogP contribution is 2.27. The summed E-state index contributed by atoms with van der Waals surface area (Å²) < 4.78 is 0. The smallest absolute Gasteiger partial charge is 0.137 e. The molecule has 2 rings (SSSR count). The first-order valence-corrected chi connectivity index (χ1v) is 6.34. The maximum absolute atomic E-state index is 6.10. The van der Waals surface area contributed by atoms with E-state index in [1.165, 1.54) is 12.8 Å². The Morgan fingerprint density at radius 3 is 2.69 bits per heavy atom. The quantitative estimate of drug-likeness (QED) is 0.744. The lowest BCUT2D eigenvalue weighted by atomic mass is 9.99. The van der Waals surface area contributed by atoms with Gasteiger partial charge in [-0.2, -0.15) is 0 Å². The molecule has 0 unspecified atom stereocenters. The lowest BCUT2D eigenvalue weighted by molar-refractivity contribution is 0.436. The molecule has 1 aromatic rings. The predicted molar refractivity (Wildman–Crippen MR) is 67.0 cm³/mol. The molecule has 2 heterocycles. The van der Waals surface area contributed by atoms with Crippen molar-refractivity contribution in [1.29, 1.82) is 0 Å². The van der Waals surface area contributed by atoms with Crippen LogP contribution in [0, 0.1) is 5.92 Å². The first-order chi connectivity index (χ1) is 7.72. The Balaban J connectivity index is 2.23. The van der Waals surface area contributed by atoms with E-state index in [1.54, 1.807) is 6.33 Å². The maximum atomic E-state index is 6.10. The number of rotatable bonds is 2. The van der Waals surface area contributed by atoms with E-state index in [1.807, 2.05) is 0 Å². The summed E-state index contributed by atoms with van der Waals surface area (Å²) in [5.74, 6) is 1.87. The highest BCUT2D eigenvalue weighted by Gasteiger charge is 2.20. The number of anilines is 1. The van der Waals surface area contributed by atoms with E-state index in [2.05, 4.69) is 28.7 Å². The van der Waals surface area contributed by atoms with Gasteiger partial charge in [-0.3, -0.25) is 0 Å². The van der Waals surface area contributed by atoms with Crippen molar-refractivity contribution in [2.75, 3.05) is 18.0 Å². The molecule has 16 heavy (non-hydrogen) atoms. The van der Waals surface area contributed by atoms with Crippen LogP contribution in [0.2, 0.25) is 5.15 Å². The fourth-order valence-electron chi connectivity index (χ4n) is 2.18. The summed E-state index contributed by atoms with van der Waals surface area (Å²) in [6.07, 6.45) is 4.94. The minimum Gasteiger partial charge on any atom is -0.356 e. The molecular formula is C12H18ClN3. The van der Waals surface area contributed by atoms with Gasteiger partial charge in [-0.05, 0) is 25.2 Å². The van der Waals surface area contributed by atoms with Gasteiger partial charge < -0.3 is 4.90 Å². The Labute approximate surface area is 102 Å². The van der Waals surface area contributed by atoms with Crippen molar-refractivity contribution >= 4 is 17.4 Å². The van der Waals surface area contributed by atoms with E-state index in [4.69, 9.17) is 11.6 Å². The van der Waals surface area contributed by atoms with Gasteiger partial charge in [-0.1, -0.05) is 25.4 Å². The highest BCUT2D eigenvalue weighted by atomic mass is 35.5. The molecule has 0 radical (unpaired) electrons. The molecular weight excluding hydrogens is 222 g/mol. The number of nitrogens with zero attached hydrogens (tertiary/aromatic N) is 3. The first kappa shape index (κ1) is 11.6. The second-order valence-corrected chi connectivity index (χ2v) is 4.85. The van der Waals surface area contributed by atoms with Crippen molar-refractivity contribution in [3.05, 3.63) is 17.0 Å². The number of piperidine rings is 1. The number of halogens is 1. The highest BCUT2D eigenvalue weighted by molar-refractivity contribution is 6.30. The maximum Gasteiger partial charge on any atom is 0.137 e. The SMILES string of the molecule is CCc1c(Cl)ncnc1N1CCC(C)CC1. The van der Waals surface area contributed by atoms with E-state index in [9.17, 15) is 0 Å². The van der Waals surface area contributed by atoms with E-state index < -0.39 is 0 Å². The Bertz CT molecular complexity index is 359. The van der Waals surface area contributed by atoms with Crippen LogP contribution < -0.4 is 4.90 Å². The van der Waals surface area contributed by atoms with Gasteiger partial charge in [0.2, 0.25) is 0 Å². The molecule has 0 atom stereocenters. The van der Waals surface area contributed by atoms with Crippen LogP contribution in [0.5, 0.6) is 0 Å². The van der Waals surface area contributed by atoms with E-state index in [0.29, 0.717) is 5.15 Å². The molecule has 0 saturated carbocycles. The van der Waals surface area contributed by atoms with Crippen LogP contribution in [0.15, 0.2) is 6.33 Å². The predicted octanol–water partition coefficient (Wildman–Crippen LogP) is 2.93. The molecule has 1 aromatic heterocycles. The normalized spacial score (nSPS) is 17.8. The zero-order chi connectivity index (χ0) is 11.5. The number of hydrogen-bond donors (Lipinski definition) is 0. The summed E-state index contributed by atoms with van der Waals surface area (Å²) in [7, 11) is 0. The molecule has 0 bridgehead atoms. The molecule has 1 saturated heterocycles. The monoisotopic (exact) mass is 239 g/mol. The molecule has 0 aromatic carbocycles. The lowest BCUT2D eigenvalue weighted by Crippen LogP contribution is -2.34. The van der Waals surface area contributed by atoms with Crippen molar-refractivity contribution in [3.8, 4) is 0 Å². The van der Waals surface area contributed by atoms with Gasteiger partial charge in [0.05, 0.1) is 0 Å². The fraction of sp³-hybridized carbons (Fsp3) is 0.667. The minimum absolute atomic E-state index is 0.603. The summed E-state index contributed by atoms with van der Waals surface area (Å²) in [6, 6.07) is 0. The third-order valence-corrected chi connectivity index (χ3v) is 3.63. The van der Waals surface area contributed by atoms with Crippen molar-refractivity contribution < 1.29 is 0 Å². The van der Waals surface area contributed by atoms with Crippen LogP contribution in [-0.2, 0) is 6.42 Å². The summed E-state index contributed by atoms with van der Waals surface area (Å²) in [4.78, 5) is 10.8. The number of hydrogen-bond acceptors (Lipinski definition) is 3. The van der Waals surface area contributed by atoms with Gasteiger partial charge in [0.1, 0.15) is 17.3 Å². The molecule has 1 fully saturated rings. The van der Waals surface area contributed by atoms with E-state index >= 15 is 0 Å². The fourth-order valence-corrected chi connectivity index (χ4v) is 2.44. The topological polar surface area (TPSA) is 29.0 Å². The van der Waals surface area contributed by atoms with Crippen LogP contribution in [0.4, 0.5) is 5.82 Å². The molecule has 4 heteroatoms. The van der Waals surface area contributed by atoms with Crippen molar-refractivity contribution in [2.24, 2.45) is 5.92 Å². The molecule has 1 aliphatic rings. The molecule has 3 nitrogen and oxygen atoms in total. The molecule has 0 N–H and O–H groups in total. The Morgan fingerprint density at radius 1 is 1.38 bits per heavy atom. The Kier molecular flexibility index (Phi) is 3.64. The van der Waals surface area contributed by atoms with Gasteiger partial charge >= 0.3 is 0 Å². The minimum atomic E-state index is 0.603. The van der Waals surface area contributed by atoms with E-state index in [0.717, 1.165) is 36.8 Å². The largest absolute Gasteiger partial charge is 0.356 e. The lowest BCUT2D eigenvalue weighted by Gasteiger charge is -2.32. The van der Waals surface area contributed by atoms with Gasteiger partial charge in [0.25, 0.3) is 0 Å². The van der Waals surface area contributed by atoms with Crippen molar-refractivity contribution in [3.63, 3.8) is 0 Å². The first-order valence-electron chi connectivity index (χ1n) is 5.96. The molecule has 1 aliphatic heterocycles. The summed E-state index contributed by atoms with van der Waals surface area (Å²) >= 11 is 6.10. The second-order valence-electron chi connectivity index (χ2n) is 4.49. The van der Waals surface area contributed by atoms with Crippen LogP contribution in [-0.4, -0.2) is 23.1 Å². The summed E-state index contributed by atoms with van der Waals surface area (Å²) in [5, 5.41) is 0.603. The molecule has 88 valence electrons. The second kappa shape index (κ2) is 5.00. The van der Waals surface area contributed by atoms with Gasteiger partial charge in [-0.15, -0.1) is 0 Å². The average Bonchev–Trinajstić information content (AvgIpc) is 2.30. The van der Waals surface area contributed by atoms with Crippen molar-refractivity contribution in [1.82, 2.24) is 9.97 Å². The Morgan fingerprint density at radius 2 is 2.06 bits per heavy atom. The molecule has 0 amide bonds. The van der Waals surface area contributed by atoms with Gasteiger partial charge in [-0.25, -0.2) is 9.97 Å². The summed E-state index contributed by atoms with van der Waals surface area (Å²) in [6.45, 7) is 6.58. The standard InChI is InChI=1S/C12H18ClN3/c1-3-10-11(13)14-8-15-12(10)16-6-4-9(2)5-7-16/h8-9H,3-7H2,1-2H3. The molecule has 0 spiro atoms. The van der Waals surface area contributed by atoms with Crippen LogP contribution in [0.1, 0.15) is 32.3 Å². The summed E-state index contributed by atoms with van der Waals surface area (Å²) in [5.41, 5.74) is 1.08. The zero-order valence-corrected chi connectivity index (χ0v) is 10.7. The van der Waals surface area contributed by atoms with Crippen molar-refractivity contribution in [2.45, 2.75) is 33.1 Å². The van der Waals surface area contributed by atoms with Crippen LogP contribution in [0.3, 0.4) is 0 Å². The Hall–Kier alpha value is -0.830. The zero-order valence-electron chi connectivity index (χ0n) is 9.91. The van der Waals surface area contributed by atoms with Crippen LogP contribution >= 0.6 is 11.6 Å². The van der Waals surface area contributed by atoms with Gasteiger partial charge in [0, 0.05) is 18.7 Å². The number of aromatic nitrogens is 2. The third-order valence-electron chi connectivity index (χ3n) is 3.31. The van der Waals surface area contributed by atoms with Crippen LogP contribution in [0.25, 0.3) is 0 Å². The van der Waals surface area contributed by atoms with E-state index in [-0.39, 0.29) is 0 Å². The average molecular weight is 240 g/mol. The third kappa shape index (κ3) is 2.29.